The first-order valence-corrected chi connectivity index (χ1v) is 12.2. The molecule has 0 aromatic heterocycles. The minimum atomic E-state index is -3.85. The van der Waals surface area contributed by atoms with Gasteiger partial charge in [-0.3, -0.25) is 18.4 Å². The summed E-state index contributed by atoms with van der Waals surface area (Å²) in [6.45, 7) is 13.4. The van der Waals surface area contributed by atoms with Crippen LogP contribution in [0.1, 0.15) is 32.3 Å². The molecule has 1 aromatic carbocycles. The number of carbonyl (C=O) groups excluding carboxylic acids is 1. The van der Waals surface area contributed by atoms with Crippen LogP contribution in [0, 0.1) is 0 Å². The molecule has 0 aliphatic rings. The van der Waals surface area contributed by atoms with E-state index in [-0.39, 0.29) is 32.2 Å². The number of hydrogen-bond donors (Lipinski definition) is 0. The van der Waals surface area contributed by atoms with Crippen LogP contribution in [0.25, 0.3) is 0 Å². The summed E-state index contributed by atoms with van der Waals surface area (Å²) in [4.78, 5) is 14.4. The Morgan fingerprint density at radius 2 is 1.69 bits per heavy atom. The molecule has 0 fully saturated rings. The molecular weight excluding hydrogens is 433 g/mol. The maximum absolute atomic E-state index is 13.0. The molecule has 32 heavy (non-hydrogen) atoms. The van der Waals surface area contributed by atoms with Gasteiger partial charge in [-0.25, -0.2) is 4.57 Å². The average molecular weight is 470 g/mol. The molecule has 0 saturated carbocycles. The number of nitrogens with zero attached hydrogens (tertiary/aromatic N) is 1. The summed E-state index contributed by atoms with van der Waals surface area (Å²) in [5.74, 6) is 0.362. The van der Waals surface area contributed by atoms with Crippen LogP contribution in [0.15, 0.2) is 49.6 Å². The van der Waals surface area contributed by atoms with Crippen LogP contribution < -0.4 is 4.74 Å². The molecule has 9 heteroatoms. The van der Waals surface area contributed by atoms with Gasteiger partial charge in [0.1, 0.15) is 12.4 Å². The zero-order valence-corrected chi connectivity index (χ0v) is 20.3. The Hall–Kier alpha value is -1.96. The zero-order valence-electron chi connectivity index (χ0n) is 19.4. The summed E-state index contributed by atoms with van der Waals surface area (Å²) in [6.07, 6.45) is 2.78. The number of carbonyl (C=O) groups is 1. The number of likely N-dealkylation sites (N-methyl/N-ethyl adjacent to an activating group) is 1. The minimum absolute atomic E-state index is 0.0102. The van der Waals surface area contributed by atoms with Crippen molar-refractivity contribution in [2.75, 3.05) is 40.0 Å². The van der Waals surface area contributed by atoms with E-state index >= 15 is 0 Å². The van der Waals surface area contributed by atoms with E-state index in [1.54, 1.807) is 19.2 Å². The second-order valence-corrected chi connectivity index (χ2v) is 8.50. The van der Waals surface area contributed by atoms with Crippen LogP contribution in [0.2, 0.25) is 0 Å². The minimum Gasteiger partial charge on any atom is -0.497 e. The summed E-state index contributed by atoms with van der Waals surface area (Å²) >= 11 is 0. The van der Waals surface area contributed by atoms with Gasteiger partial charge in [0, 0.05) is 13.0 Å². The molecular formula is C23H36NO7P. The molecule has 1 rings (SSSR count). The first kappa shape index (κ1) is 28.1. The molecule has 0 spiro atoms. The lowest BCUT2D eigenvalue weighted by molar-refractivity contribution is -0.145. The fraction of sp³-hybridized carbons (Fsp3) is 0.522. The summed E-state index contributed by atoms with van der Waals surface area (Å²) in [5.41, 5.74) is 0.857. The van der Waals surface area contributed by atoms with Crippen molar-refractivity contribution in [1.29, 1.82) is 0 Å². The summed E-state index contributed by atoms with van der Waals surface area (Å²) in [7, 11) is -2.26. The van der Waals surface area contributed by atoms with Gasteiger partial charge in [-0.1, -0.05) is 38.1 Å². The largest absolute Gasteiger partial charge is 0.497 e. The number of hydrogen-bond acceptors (Lipinski definition) is 8. The molecule has 1 aromatic rings. The maximum atomic E-state index is 13.0. The van der Waals surface area contributed by atoms with Crippen LogP contribution in [-0.2, 0) is 34.3 Å². The first-order chi connectivity index (χ1) is 15.4. The molecule has 0 heterocycles. The third-order valence-electron chi connectivity index (χ3n) is 4.56. The van der Waals surface area contributed by atoms with Crippen molar-refractivity contribution in [3.8, 4) is 5.75 Å². The molecule has 0 amide bonds. The highest BCUT2D eigenvalue weighted by Crippen LogP contribution is 2.51. The van der Waals surface area contributed by atoms with Gasteiger partial charge in [0.2, 0.25) is 0 Å². The third-order valence-corrected chi connectivity index (χ3v) is 6.05. The molecule has 0 N–H and O–H groups in total. The van der Waals surface area contributed by atoms with E-state index in [1.807, 2.05) is 26.0 Å². The van der Waals surface area contributed by atoms with Gasteiger partial charge < -0.3 is 14.4 Å². The van der Waals surface area contributed by atoms with Crippen molar-refractivity contribution < 1.29 is 32.4 Å². The van der Waals surface area contributed by atoms with Gasteiger partial charge in [0.05, 0.1) is 26.4 Å². The molecule has 1 unspecified atom stereocenters. The predicted octanol–water partition coefficient (Wildman–Crippen LogP) is 4.76. The second kappa shape index (κ2) is 15.8. The van der Waals surface area contributed by atoms with E-state index in [4.69, 9.17) is 23.0 Å². The average Bonchev–Trinajstić information content (AvgIpc) is 2.82. The monoisotopic (exact) mass is 469 g/mol. The molecule has 1 atom stereocenters. The third kappa shape index (κ3) is 11.1. The van der Waals surface area contributed by atoms with Gasteiger partial charge >= 0.3 is 13.8 Å². The Kier molecular flexibility index (Phi) is 13.8. The van der Waals surface area contributed by atoms with E-state index < -0.39 is 13.9 Å². The van der Waals surface area contributed by atoms with Crippen molar-refractivity contribution in [3.05, 3.63) is 55.1 Å². The first-order valence-electron chi connectivity index (χ1n) is 10.7. The molecule has 0 aliphatic carbocycles. The predicted molar refractivity (Wildman–Crippen MR) is 125 cm³/mol. The molecule has 0 bridgehead atoms. The number of esters is 1. The van der Waals surface area contributed by atoms with Crippen LogP contribution in [0.3, 0.4) is 0 Å². The topological polar surface area (TPSA) is 83.5 Å². The Labute approximate surface area is 191 Å². The maximum Gasteiger partial charge on any atom is 0.475 e. The molecule has 180 valence electrons. The summed E-state index contributed by atoms with van der Waals surface area (Å²) < 4.78 is 39.8. The van der Waals surface area contributed by atoms with Gasteiger partial charge in [-0.05, 0) is 37.2 Å². The molecule has 0 saturated heterocycles. The lowest BCUT2D eigenvalue weighted by Gasteiger charge is -2.28. The second-order valence-electron chi connectivity index (χ2n) is 6.88. The van der Waals surface area contributed by atoms with E-state index in [0.29, 0.717) is 13.0 Å². The Bertz CT molecular complexity index is 718. The quantitative estimate of drug-likeness (QED) is 0.173. The summed E-state index contributed by atoms with van der Waals surface area (Å²) in [5, 5.41) is 0. The summed E-state index contributed by atoms with van der Waals surface area (Å²) in [6, 6.07) is 7.29. The van der Waals surface area contributed by atoms with E-state index in [2.05, 4.69) is 18.1 Å². The van der Waals surface area contributed by atoms with Crippen LogP contribution >= 0.6 is 7.82 Å². The Balaban J connectivity index is 2.72. The fourth-order valence-corrected chi connectivity index (χ4v) is 4.06. The standard InChI is InChI=1S/C23H36NO7P/c1-6-16-29-32(26,30-17-7-2)31-22(18-24(8-3)9-4)14-15-23(25)28-19-20-10-12-21(27-5)13-11-20/h6-7,10-13,22H,1-2,8-9,14-19H2,3-5H3. The van der Waals surface area contributed by atoms with Crippen molar-refractivity contribution in [2.45, 2.75) is 39.4 Å². The number of phosphoric ester groups is 1. The zero-order chi connectivity index (χ0) is 23.8. The van der Waals surface area contributed by atoms with E-state index in [9.17, 15) is 9.36 Å². The van der Waals surface area contributed by atoms with Gasteiger partial charge in [-0.15, -0.1) is 13.2 Å². The molecule has 8 nitrogen and oxygen atoms in total. The van der Waals surface area contributed by atoms with Gasteiger partial charge in [0.15, 0.2) is 0 Å². The number of methoxy groups -OCH3 is 1. The van der Waals surface area contributed by atoms with E-state index in [1.165, 1.54) is 12.2 Å². The molecule has 0 aliphatic heterocycles. The van der Waals surface area contributed by atoms with Crippen LogP contribution in [0.5, 0.6) is 5.75 Å². The van der Waals surface area contributed by atoms with Crippen LogP contribution in [-0.4, -0.2) is 56.9 Å². The molecule has 0 radical (unpaired) electrons. The van der Waals surface area contributed by atoms with Crippen molar-refractivity contribution >= 4 is 13.8 Å². The Morgan fingerprint density at radius 3 is 2.19 bits per heavy atom. The van der Waals surface area contributed by atoms with Gasteiger partial charge in [-0.2, -0.15) is 0 Å². The smallest absolute Gasteiger partial charge is 0.475 e. The van der Waals surface area contributed by atoms with Gasteiger partial charge in [0.25, 0.3) is 0 Å². The van der Waals surface area contributed by atoms with E-state index in [0.717, 1.165) is 24.4 Å². The number of benzene rings is 1. The van der Waals surface area contributed by atoms with Crippen molar-refractivity contribution in [2.24, 2.45) is 0 Å². The highest BCUT2D eigenvalue weighted by molar-refractivity contribution is 7.48. The lowest BCUT2D eigenvalue weighted by atomic mass is 10.2. The highest BCUT2D eigenvalue weighted by atomic mass is 31.2. The number of ether oxygens (including phenoxy) is 2. The highest BCUT2D eigenvalue weighted by Gasteiger charge is 2.31. The normalized spacial score (nSPS) is 12.4. The number of phosphoric acid groups is 1. The SMILES string of the molecule is C=CCOP(=O)(OCC=C)OC(CCC(=O)OCc1ccc(OC)cc1)CN(CC)CC. The van der Waals surface area contributed by atoms with Crippen LogP contribution in [0.4, 0.5) is 0 Å². The number of rotatable bonds is 18. The van der Waals surface area contributed by atoms with Crippen molar-refractivity contribution in [1.82, 2.24) is 4.90 Å². The lowest BCUT2D eigenvalue weighted by Crippen LogP contribution is -2.34. The van der Waals surface area contributed by atoms with Crippen molar-refractivity contribution in [3.63, 3.8) is 0 Å². The fourth-order valence-electron chi connectivity index (χ4n) is 2.75. The Morgan fingerprint density at radius 1 is 1.09 bits per heavy atom.